The highest BCUT2D eigenvalue weighted by atomic mass is 31.1. The molecule has 1 atom stereocenters. The van der Waals surface area contributed by atoms with Gasteiger partial charge in [0.2, 0.25) is 0 Å². The van der Waals surface area contributed by atoms with Crippen molar-refractivity contribution in [1.29, 1.82) is 0 Å². The number of rotatable bonds is 6. The van der Waals surface area contributed by atoms with Crippen LogP contribution in [0.1, 0.15) is 6.42 Å². The normalized spacial score (nSPS) is 12.0. The molecule has 6 heteroatoms. The van der Waals surface area contributed by atoms with Gasteiger partial charge in [0.25, 0.3) is 0 Å². The average molecular weight is 230 g/mol. The Morgan fingerprint density at radius 3 is 2.60 bits per heavy atom. The van der Waals surface area contributed by atoms with Crippen LogP contribution in [-0.2, 0) is 13.9 Å². The van der Waals surface area contributed by atoms with Crippen LogP contribution >= 0.6 is 8.25 Å². The predicted octanol–water partition coefficient (Wildman–Crippen LogP) is 1.95. The first-order valence-corrected chi connectivity index (χ1v) is 5.52. The van der Waals surface area contributed by atoms with Crippen LogP contribution in [0.15, 0.2) is 30.3 Å². The summed E-state index contributed by atoms with van der Waals surface area (Å²) in [6.45, 7) is -0.111. The minimum atomic E-state index is -2.65. The molecule has 0 aliphatic heterocycles. The summed E-state index contributed by atoms with van der Waals surface area (Å²) in [7, 11) is -2.65. The summed E-state index contributed by atoms with van der Waals surface area (Å²) >= 11 is 0. The molecule has 0 heterocycles. The third-order valence-electron chi connectivity index (χ3n) is 1.48. The Bertz CT molecular complexity index is 338. The van der Waals surface area contributed by atoms with Crippen molar-refractivity contribution >= 4 is 14.2 Å². The van der Waals surface area contributed by atoms with Gasteiger partial charge in [-0.25, -0.2) is 4.57 Å². The lowest BCUT2D eigenvalue weighted by molar-refractivity contribution is -0.137. The van der Waals surface area contributed by atoms with Crippen LogP contribution in [0.4, 0.5) is 0 Å². The van der Waals surface area contributed by atoms with Crippen LogP contribution in [0, 0.1) is 0 Å². The van der Waals surface area contributed by atoms with Gasteiger partial charge in [-0.3, -0.25) is 4.79 Å². The average Bonchev–Trinajstić information content (AvgIpc) is 2.18. The van der Waals surface area contributed by atoms with Gasteiger partial charge in [-0.1, -0.05) is 18.2 Å². The predicted molar refractivity (Wildman–Crippen MR) is 54.3 cm³/mol. The molecule has 15 heavy (non-hydrogen) atoms. The van der Waals surface area contributed by atoms with Crippen LogP contribution in [0.2, 0.25) is 0 Å². The number of carboxylic acid groups (broad SMARTS) is 1. The first-order chi connectivity index (χ1) is 7.18. The van der Waals surface area contributed by atoms with E-state index < -0.39 is 14.2 Å². The molecule has 1 N–H and O–H groups in total. The second-order valence-corrected chi connectivity index (χ2v) is 3.65. The summed E-state index contributed by atoms with van der Waals surface area (Å²) in [5.74, 6) is -0.554. The number of hydrogen-bond acceptors (Lipinski definition) is 4. The minimum Gasteiger partial charge on any atom is -0.481 e. The van der Waals surface area contributed by atoms with Crippen molar-refractivity contribution in [2.45, 2.75) is 6.42 Å². The van der Waals surface area contributed by atoms with Crippen molar-refractivity contribution in [2.75, 3.05) is 6.61 Å². The van der Waals surface area contributed by atoms with Gasteiger partial charge in [0, 0.05) is 0 Å². The molecule has 0 fully saturated rings. The van der Waals surface area contributed by atoms with Gasteiger partial charge in [-0.05, 0) is 12.1 Å². The van der Waals surface area contributed by atoms with Gasteiger partial charge < -0.3 is 14.2 Å². The monoisotopic (exact) mass is 230 g/mol. The highest BCUT2D eigenvalue weighted by Crippen LogP contribution is 2.27. The molecular formula is C9H11O5P. The topological polar surface area (TPSA) is 72.8 Å². The van der Waals surface area contributed by atoms with Gasteiger partial charge in [-0.15, -0.1) is 0 Å². The van der Waals surface area contributed by atoms with E-state index in [2.05, 4.69) is 0 Å². The van der Waals surface area contributed by atoms with Crippen LogP contribution in [-0.4, -0.2) is 17.7 Å². The van der Waals surface area contributed by atoms with Crippen molar-refractivity contribution in [2.24, 2.45) is 0 Å². The molecule has 0 radical (unpaired) electrons. The van der Waals surface area contributed by atoms with Crippen molar-refractivity contribution in [3.8, 4) is 5.75 Å². The first-order valence-electron chi connectivity index (χ1n) is 4.30. The molecular weight excluding hydrogens is 219 g/mol. The van der Waals surface area contributed by atoms with E-state index in [1.807, 2.05) is 0 Å². The number of para-hydroxylation sites is 1. The number of carbonyl (C=O) groups is 1. The second-order valence-electron chi connectivity index (χ2n) is 2.66. The lowest BCUT2D eigenvalue weighted by Gasteiger charge is -2.05. The van der Waals surface area contributed by atoms with Gasteiger partial charge in [-0.2, -0.15) is 0 Å². The highest BCUT2D eigenvalue weighted by molar-refractivity contribution is 7.33. The Balaban J connectivity index is 2.28. The molecule has 0 spiro atoms. The van der Waals surface area contributed by atoms with Crippen LogP contribution in [0.3, 0.4) is 0 Å². The molecule has 0 bridgehead atoms. The quantitative estimate of drug-likeness (QED) is 0.756. The summed E-state index contributed by atoms with van der Waals surface area (Å²) in [6.07, 6.45) is -0.186. The van der Waals surface area contributed by atoms with Crippen LogP contribution < -0.4 is 4.52 Å². The highest BCUT2D eigenvalue weighted by Gasteiger charge is 2.03. The SMILES string of the molecule is O=C(O)CCO[PH](=O)Oc1ccccc1. The Morgan fingerprint density at radius 2 is 2.00 bits per heavy atom. The molecule has 0 aromatic heterocycles. The van der Waals surface area contributed by atoms with Crippen LogP contribution in [0.25, 0.3) is 0 Å². The number of aliphatic carboxylic acids is 1. The van der Waals surface area contributed by atoms with Crippen molar-refractivity contribution in [1.82, 2.24) is 0 Å². The first kappa shape index (κ1) is 11.8. The number of carboxylic acids is 1. The Hall–Kier alpha value is -1.32. The summed E-state index contributed by atoms with van der Waals surface area (Å²) in [5.41, 5.74) is 0. The van der Waals surface area contributed by atoms with E-state index in [1.54, 1.807) is 30.3 Å². The van der Waals surface area contributed by atoms with Crippen LogP contribution in [0.5, 0.6) is 5.75 Å². The molecule has 0 saturated heterocycles. The third-order valence-corrected chi connectivity index (χ3v) is 2.32. The maximum Gasteiger partial charge on any atom is 0.367 e. The van der Waals surface area contributed by atoms with E-state index in [0.29, 0.717) is 5.75 Å². The van der Waals surface area contributed by atoms with E-state index in [9.17, 15) is 9.36 Å². The fourth-order valence-corrected chi connectivity index (χ4v) is 1.49. The van der Waals surface area contributed by atoms with Crippen molar-refractivity contribution < 1.29 is 23.5 Å². The fraction of sp³-hybridized carbons (Fsp3) is 0.222. The lowest BCUT2D eigenvalue weighted by Crippen LogP contribution is -1.99. The maximum atomic E-state index is 11.1. The molecule has 0 amide bonds. The Morgan fingerprint density at radius 1 is 1.33 bits per heavy atom. The molecule has 1 aromatic rings. The zero-order valence-corrected chi connectivity index (χ0v) is 8.88. The Kier molecular flexibility index (Phi) is 4.87. The van der Waals surface area contributed by atoms with Gasteiger partial charge >= 0.3 is 14.2 Å². The van der Waals surface area contributed by atoms with E-state index in [1.165, 1.54) is 0 Å². The van der Waals surface area contributed by atoms with Gasteiger partial charge in [0.1, 0.15) is 5.75 Å². The minimum absolute atomic E-state index is 0.111. The zero-order chi connectivity index (χ0) is 11.1. The van der Waals surface area contributed by atoms with E-state index >= 15 is 0 Å². The third kappa shape index (κ3) is 5.20. The molecule has 1 rings (SSSR count). The number of hydrogen-bond donors (Lipinski definition) is 1. The summed E-state index contributed by atoms with van der Waals surface area (Å²) in [4.78, 5) is 10.1. The molecule has 0 saturated carbocycles. The van der Waals surface area contributed by atoms with Crippen molar-refractivity contribution in [3.63, 3.8) is 0 Å². The summed E-state index contributed by atoms with van der Waals surface area (Å²) < 4.78 is 20.8. The molecule has 82 valence electrons. The van der Waals surface area contributed by atoms with E-state index in [0.717, 1.165) is 0 Å². The largest absolute Gasteiger partial charge is 0.481 e. The van der Waals surface area contributed by atoms with Gasteiger partial charge in [0.15, 0.2) is 0 Å². The van der Waals surface area contributed by atoms with Crippen molar-refractivity contribution in [3.05, 3.63) is 30.3 Å². The molecule has 1 aromatic carbocycles. The number of benzene rings is 1. The fourth-order valence-electron chi connectivity index (χ4n) is 0.836. The summed E-state index contributed by atoms with van der Waals surface area (Å²) in [5, 5.41) is 8.30. The van der Waals surface area contributed by atoms with E-state index in [-0.39, 0.29) is 13.0 Å². The second kappa shape index (κ2) is 6.22. The molecule has 1 unspecified atom stereocenters. The lowest BCUT2D eigenvalue weighted by atomic mass is 10.3. The molecule has 0 aliphatic carbocycles. The molecule has 0 aliphatic rings. The smallest absolute Gasteiger partial charge is 0.367 e. The standard InChI is InChI=1S/C9H11O5P/c10-9(11)6-7-13-15(12)14-8-4-2-1-3-5-8/h1-5,15H,6-7H2,(H,10,11). The maximum absolute atomic E-state index is 11.1. The summed E-state index contributed by atoms with van der Waals surface area (Å²) in [6, 6.07) is 8.56. The van der Waals surface area contributed by atoms with E-state index in [4.69, 9.17) is 14.2 Å². The Labute approximate surface area is 87.6 Å². The zero-order valence-electron chi connectivity index (χ0n) is 7.88. The molecule has 5 nitrogen and oxygen atoms in total. The van der Waals surface area contributed by atoms with Gasteiger partial charge in [0.05, 0.1) is 13.0 Å².